The summed E-state index contributed by atoms with van der Waals surface area (Å²) in [6.07, 6.45) is 3.25. The topological polar surface area (TPSA) is 60.2 Å². The van der Waals surface area contributed by atoms with Gasteiger partial charge in [0.25, 0.3) is 0 Å². The van der Waals surface area contributed by atoms with E-state index in [-0.39, 0.29) is 6.04 Å². The van der Waals surface area contributed by atoms with Gasteiger partial charge in [0.05, 0.1) is 10.5 Å². The molecule has 0 aromatic heterocycles. The third-order valence-electron chi connectivity index (χ3n) is 2.97. The highest BCUT2D eigenvalue weighted by Crippen LogP contribution is 2.49. The van der Waals surface area contributed by atoms with Gasteiger partial charge >= 0.3 is 0 Å². The van der Waals surface area contributed by atoms with Crippen LogP contribution < -0.4 is 5.73 Å². The minimum Gasteiger partial charge on any atom is -0.326 e. The third-order valence-corrected chi connectivity index (χ3v) is 5.74. The molecule has 0 aromatic carbocycles. The normalized spacial score (nSPS) is 38.8. The molecular formula is C7H13NO2S. The third kappa shape index (κ3) is 0.856. The molecule has 11 heavy (non-hydrogen) atoms. The quantitative estimate of drug-likeness (QED) is 0.566. The number of nitrogens with two attached hydrogens (primary N) is 1. The second-order valence-corrected chi connectivity index (χ2v) is 6.08. The Bertz CT molecular complexity index is 266. The summed E-state index contributed by atoms with van der Waals surface area (Å²) in [5, 5.41) is 0. The molecule has 1 saturated carbocycles. The van der Waals surface area contributed by atoms with E-state index < -0.39 is 14.6 Å². The van der Waals surface area contributed by atoms with Crippen molar-refractivity contribution >= 4 is 9.84 Å². The van der Waals surface area contributed by atoms with E-state index in [4.69, 9.17) is 5.73 Å². The van der Waals surface area contributed by atoms with Crippen molar-refractivity contribution in [3.8, 4) is 0 Å². The Morgan fingerprint density at radius 2 is 2.00 bits per heavy atom. The van der Waals surface area contributed by atoms with Crippen LogP contribution in [0.2, 0.25) is 0 Å². The Hall–Kier alpha value is -0.0900. The standard InChI is InChI=1S/C7H13NO2S/c8-6-2-1-5-11(9,10)7(6)3-4-7/h6H,1-5,8H2. The summed E-state index contributed by atoms with van der Waals surface area (Å²) in [6, 6.07) is -0.0822. The number of rotatable bonds is 0. The van der Waals surface area contributed by atoms with Crippen LogP contribution in [0, 0.1) is 0 Å². The summed E-state index contributed by atoms with van der Waals surface area (Å²) in [5.41, 5.74) is 5.77. The zero-order chi connectivity index (χ0) is 8.11. The molecule has 1 saturated heterocycles. The lowest BCUT2D eigenvalue weighted by Gasteiger charge is -2.28. The van der Waals surface area contributed by atoms with Gasteiger partial charge in [-0.25, -0.2) is 8.42 Å². The van der Waals surface area contributed by atoms with Gasteiger partial charge in [0.1, 0.15) is 0 Å². The molecule has 2 aliphatic rings. The largest absolute Gasteiger partial charge is 0.326 e. The summed E-state index contributed by atoms with van der Waals surface area (Å²) >= 11 is 0. The van der Waals surface area contributed by atoms with Gasteiger partial charge in [-0.1, -0.05) is 0 Å². The fourth-order valence-corrected chi connectivity index (χ4v) is 4.25. The first kappa shape index (κ1) is 7.55. The molecule has 0 bridgehead atoms. The summed E-state index contributed by atoms with van der Waals surface area (Å²) in [4.78, 5) is 0. The molecule has 2 fully saturated rings. The Labute approximate surface area is 66.9 Å². The molecule has 0 aromatic rings. The lowest BCUT2D eigenvalue weighted by Crippen LogP contribution is -2.47. The van der Waals surface area contributed by atoms with Crippen molar-refractivity contribution in [2.75, 3.05) is 5.75 Å². The average molecular weight is 175 g/mol. The van der Waals surface area contributed by atoms with Gasteiger partial charge in [0.2, 0.25) is 0 Å². The number of sulfone groups is 1. The maximum absolute atomic E-state index is 11.5. The van der Waals surface area contributed by atoms with Crippen LogP contribution in [0.1, 0.15) is 25.7 Å². The molecule has 3 nitrogen and oxygen atoms in total. The van der Waals surface area contributed by atoms with Gasteiger partial charge in [-0.2, -0.15) is 0 Å². The lowest BCUT2D eigenvalue weighted by molar-refractivity contribution is 0.489. The van der Waals surface area contributed by atoms with Crippen LogP contribution in [-0.2, 0) is 9.84 Å². The smallest absolute Gasteiger partial charge is 0.157 e. The highest BCUT2D eigenvalue weighted by molar-refractivity contribution is 7.93. The van der Waals surface area contributed by atoms with E-state index >= 15 is 0 Å². The van der Waals surface area contributed by atoms with Crippen LogP contribution >= 0.6 is 0 Å². The van der Waals surface area contributed by atoms with Crippen LogP contribution in [0.25, 0.3) is 0 Å². The molecule has 2 N–H and O–H groups in total. The highest BCUT2D eigenvalue weighted by atomic mass is 32.2. The Morgan fingerprint density at radius 1 is 1.36 bits per heavy atom. The second-order valence-electron chi connectivity index (χ2n) is 3.63. The van der Waals surface area contributed by atoms with Gasteiger partial charge < -0.3 is 5.73 Å². The molecule has 64 valence electrons. The summed E-state index contributed by atoms with van der Waals surface area (Å²) in [7, 11) is -2.82. The summed E-state index contributed by atoms with van der Waals surface area (Å²) in [5.74, 6) is 0.362. The van der Waals surface area contributed by atoms with E-state index in [1.54, 1.807) is 0 Å². The average Bonchev–Trinajstić information content (AvgIpc) is 2.63. The first-order valence-corrected chi connectivity index (χ1v) is 5.72. The van der Waals surface area contributed by atoms with Gasteiger partial charge in [-0.3, -0.25) is 0 Å². The molecule has 2 rings (SSSR count). The van der Waals surface area contributed by atoms with E-state index in [9.17, 15) is 8.42 Å². The molecule has 0 amide bonds. The molecule has 4 heteroatoms. The van der Waals surface area contributed by atoms with Crippen molar-refractivity contribution < 1.29 is 8.42 Å². The van der Waals surface area contributed by atoms with Gasteiger partial charge in [0.15, 0.2) is 9.84 Å². The first-order valence-electron chi connectivity index (χ1n) is 4.06. The number of hydrogen-bond acceptors (Lipinski definition) is 3. The van der Waals surface area contributed by atoms with Crippen LogP contribution in [-0.4, -0.2) is 25.0 Å². The highest BCUT2D eigenvalue weighted by Gasteiger charge is 2.59. The van der Waals surface area contributed by atoms with Gasteiger partial charge in [-0.05, 0) is 25.7 Å². The molecule has 1 spiro atoms. The predicted molar refractivity (Wildman–Crippen MR) is 43.0 cm³/mol. The van der Waals surface area contributed by atoms with Gasteiger partial charge in [0, 0.05) is 6.04 Å². The van der Waals surface area contributed by atoms with Gasteiger partial charge in [-0.15, -0.1) is 0 Å². The number of hydrogen-bond donors (Lipinski definition) is 1. The van der Waals surface area contributed by atoms with E-state index in [1.807, 2.05) is 0 Å². The molecule has 1 heterocycles. The Morgan fingerprint density at radius 3 is 2.36 bits per heavy atom. The minimum absolute atomic E-state index is 0.0822. The monoisotopic (exact) mass is 175 g/mol. The zero-order valence-corrected chi connectivity index (χ0v) is 7.23. The Balaban J connectivity index is 2.37. The van der Waals surface area contributed by atoms with Crippen molar-refractivity contribution in [2.24, 2.45) is 5.73 Å². The molecule has 0 radical (unpaired) electrons. The van der Waals surface area contributed by atoms with Crippen molar-refractivity contribution in [2.45, 2.75) is 36.5 Å². The zero-order valence-electron chi connectivity index (χ0n) is 6.41. The van der Waals surface area contributed by atoms with Crippen LogP contribution in [0.4, 0.5) is 0 Å². The molecule has 1 aliphatic heterocycles. The summed E-state index contributed by atoms with van der Waals surface area (Å²) in [6.45, 7) is 0. The lowest BCUT2D eigenvalue weighted by atomic mass is 10.1. The fraction of sp³-hybridized carbons (Fsp3) is 1.00. The Kier molecular flexibility index (Phi) is 1.36. The maximum atomic E-state index is 11.5. The van der Waals surface area contributed by atoms with Crippen molar-refractivity contribution in [3.05, 3.63) is 0 Å². The molecule has 1 atom stereocenters. The molecular weight excluding hydrogens is 162 g/mol. The van der Waals surface area contributed by atoms with Crippen LogP contribution in [0.3, 0.4) is 0 Å². The van der Waals surface area contributed by atoms with E-state index in [2.05, 4.69) is 0 Å². The first-order chi connectivity index (χ1) is 5.08. The SMILES string of the molecule is NC1CCCS(=O)(=O)C12CC2. The molecule has 1 unspecified atom stereocenters. The predicted octanol–water partition coefficient (Wildman–Crippen LogP) is 0.0549. The summed E-state index contributed by atoms with van der Waals surface area (Å²) < 4.78 is 22.5. The van der Waals surface area contributed by atoms with Crippen molar-refractivity contribution in [1.29, 1.82) is 0 Å². The van der Waals surface area contributed by atoms with Crippen molar-refractivity contribution in [1.82, 2.24) is 0 Å². The maximum Gasteiger partial charge on any atom is 0.157 e. The van der Waals surface area contributed by atoms with Crippen LogP contribution in [0.5, 0.6) is 0 Å². The van der Waals surface area contributed by atoms with E-state index in [0.717, 1.165) is 25.7 Å². The van der Waals surface area contributed by atoms with Crippen LogP contribution in [0.15, 0.2) is 0 Å². The fourth-order valence-electron chi connectivity index (χ4n) is 2.00. The van der Waals surface area contributed by atoms with E-state index in [1.165, 1.54) is 0 Å². The van der Waals surface area contributed by atoms with Crippen molar-refractivity contribution in [3.63, 3.8) is 0 Å². The second kappa shape index (κ2) is 1.98. The molecule has 1 aliphatic carbocycles. The minimum atomic E-state index is -2.82. The van der Waals surface area contributed by atoms with E-state index in [0.29, 0.717) is 5.75 Å².